The number of hydrogen-bond donors (Lipinski definition) is 2. The number of hydrogen-bond acceptors (Lipinski definition) is 2. The van der Waals surface area contributed by atoms with Gasteiger partial charge in [-0.05, 0) is 43.4 Å². The van der Waals surface area contributed by atoms with Gasteiger partial charge in [-0.1, -0.05) is 25.3 Å². The van der Waals surface area contributed by atoms with Crippen molar-refractivity contribution in [3.05, 3.63) is 29.6 Å². The number of nitrogens with zero attached hydrogens (tertiary/aromatic N) is 1. The Morgan fingerprint density at radius 2 is 1.95 bits per heavy atom. The van der Waals surface area contributed by atoms with Gasteiger partial charge in [0, 0.05) is 11.5 Å². The van der Waals surface area contributed by atoms with E-state index < -0.39 is 0 Å². The first-order chi connectivity index (χ1) is 9.24. The highest BCUT2D eigenvalue weighted by atomic mass is 14.9. The standard InChI is InChI=1S/C16H21N3/c17-16(8-9-16)12-6-7-13-14(10-12)19-15(18-13)11-4-2-1-3-5-11/h6-7,10-11H,1-5,8-9,17H2,(H,18,19). The molecule has 3 N–H and O–H groups in total. The van der Waals surface area contributed by atoms with Gasteiger partial charge in [0.05, 0.1) is 11.0 Å². The third-order valence-electron chi connectivity index (χ3n) is 4.86. The normalized spacial score (nSPS) is 22.8. The predicted octanol–water partition coefficient (Wildman–Crippen LogP) is 3.56. The molecule has 0 unspecified atom stereocenters. The Bertz CT molecular complexity index is 603. The van der Waals surface area contributed by atoms with Gasteiger partial charge in [0.2, 0.25) is 0 Å². The van der Waals surface area contributed by atoms with Gasteiger partial charge in [-0.2, -0.15) is 0 Å². The van der Waals surface area contributed by atoms with Crippen LogP contribution in [0, 0.1) is 0 Å². The third-order valence-corrected chi connectivity index (χ3v) is 4.86. The van der Waals surface area contributed by atoms with Crippen LogP contribution >= 0.6 is 0 Å². The summed E-state index contributed by atoms with van der Waals surface area (Å²) in [7, 11) is 0. The fourth-order valence-corrected chi connectivity index (χ4v) is 3.33. The number of nitrogens with one attached hydrogen (secondary N) is 1. The molecule has 1 aromatic carbocycles. The van der Waals surface area contributed by atoms with E-state index in [2.05, 4.69) is 23.2 Å². The topological polar surface area (TPSA) is 54.7 Å². The second-order valence-electron chi connectivity index (χ2n) is 6.35. The monoisotopic (exact) mass is 255 g/mol. The van der Waals surface area contributed by atoms with E-state index in [0.717, 1.165) is 23.9 Å². The molecule has 2 aromatic rings. The SMILES string of the molecule is NC1(c2ccc3nc(C4CCCCC4)[nH]c3c2)CC1. The van der Waals surface area contributed by atoms with E-state index in [1.807, 2.05) is 0 Å². The summed E-state index contributed by atoms with van der Waals surface area (Å²) in [6, 6.07) is 6.49. The minimum atomic E-state index is -0.0513. The predicted molar refractivity (Wildman–Crippen MR) is 77.0 cm³/mol. The van der Waals surface area contributed by atoms with Gasteiger partial charge in [0.1, 0.15) is 5.82 Å². The van der Waals surface area contributed by atoms with Gasteiger partial charge in [0.15, 0.2) is 0 Å². The fraction of sp³-hybridized carbons (Fsp3) is 0.562. The first-order valence-electron chi connectivity index (χ1n) is 7.54. The Morgan fingerprint density at radius 3 is 2.68 bits per heavy atom. The molecule has 2 fully saturated rings. The van der Waals surface area contributed by atoms with Crippen LogP contribution in [0.3, 0.4) is 0 Å². The van der Waals surface area contributed by atoms with E-state index >= 15 is 0 Å². The van der Waals surface area contributed by atoms with Crippen molar-refractivity contribution in [1.29, 1.82) is 0 Å². The molecular weight excluding hydrogens is 234 g/mol. The average Bonchev–Trinajstić information content (AvgIpc) is 3.06. The quantitative estimate of drug-likeness (QED) is 0.862. The number of aromatic nitrogens is 2. The van der Waals surface area contributed by atoms with Gasteiger partial charge < -0.3 is 10.7 Å². The Kier molecular flexibility index (Phi) is 2.46. The molecule has 0 spiro atoms. The molecule has 2 aliphatic rings. The average molecular weight is 255 g/mol. The number of rotatable bonds is 2. The maximum atomic E-state index is 6.27. The largest absolute Gasteiger partial charge is 0.342 e. The van der Waals surface area contributed by atoms with E-state index in [4.69, 9.17) is 10.7 Å². The summed E-state index contributed by atoms with van der Waals surface area (Å²) >= 11 is 0. The molecule has 4 rings (SSSR count). The molecule has 0 bridgehead atoms. The van der Waals surface area contributed by atoms with E-state index in [0.29, 0.717) is 5.92 Å². The zero-order chi connectivity index (χ0) is 12.9. The van der Waals surface area contributed by atoms with Crippen molar-refractivity contribution in [2.45, 2.75) is 56.4 Å². The molecule has 2 aliphatic carbocycles. The van der Waals surface area contributed by atoms with E-state index in [9.17, 15) is 0 Å². The van der Waals surface area contributed by atoms with Gasteiger partial charge in [-0.3, -0.25) is 0 Å². The van der Waals surface area contributed by atoms with E-state index in [1.54, 1.807) is 0 Å². The zero-order valence-electron chi connectivity index (χ0n) is 11.3. The van der Waals surface area contributed by atoms with Crippen LogP contribution in [0.2, 0.25) is 0 Å². The summed E-state index contributed by atoms with van der Waals surface area (Å²) in [6.45, 7) is 0. The molecule has 0 amide bonds. The Morgan fingerprint density at radius 1 is 1.16 bits per heavy atom. The molecule has 0 saturated heterocycles. The van der Waals surface area contributed by atoms with E-state index in [-0.39, 0.29) is 5.54 Å². The molecule has 100 valence electrons. The van der Waals surface area contributed by atoms with Crippen LogP contribution < -0.4 is 5.73 Å². The first-order valence-corrected chi connectivity index (χ1v) is 7.54. The highest BCUT2D eigenvalue weighted by Gasteiger charge is 2.40. The summed E-state index contributed by atoms with van der Waals surface area (Å²) in [5.74, 6) is 1.83. The van der Waals surface area contributed by atoms with Crippen molar-refractivity contribution in [2.24, 2.45) is 5.73 Å². The van der Waals surface area contributed by atoms with Crippen LogP contribution in [-0.4, -0.2) is 9.97 Å². The molecule has 3 nitrogen and oxygen atoms in total. The number of aromatic amines is 1. The molecule has 19 heavy (non-hydrogen) atoms. The lowest BCUT2D eigenvalue weighted by atomic mass is 9.89. The molecule has 2 saturated carbocycles. The van der Waals surface area contributed by atoms with Crippen molar-refractivity contribution >= 4 is 11.0 Å². The fourth-order valence-electron chi connectivity index (χ4n) is 3.33. The van der Waals surface area contributed by atoms with Crippen molar-refractivity contribution in [3.63, 3.8) is 0 Å². The summed E-state index contributed by atoms with van der Waals surface area (Å²) in [5.41, 5.74) is 9.74. The Balaban J connectivity index is 1.70. The Hall–Kier alpha value is -1.35. The Labute approximate surface area is 113 Å². The lowest BCUT2D eigenvalue weighted by Gasteiger charge is -2.18. The van der Waals surface area contributed by atoms with Crippen LogP contribution in [0.1, 0.15) is 62.3 Å². The minimum absolute atomic E-state index is 0.0513. The number of H-pyrrole nitrogens is 1. The van der Waals surface area contributed by atoms with Crippen molar-refractivity contribution in [1.82, 2.24) is 9.97 Å². The number of fused-ring (bicyclic) bond motifs is 1. The van der Waals surface area contributed by atoms with E-state index in [1.165, 1.54) is 43.5 Å². The number of imidazole rings is 1. The molecule has 0 atom stereocenters. The number of benzene rings is 1. The van der Waals surface area contributed by atoms with Crippen molar-refractivity contribution < 1.29 is 0 Å². The van der Waals surface area contributed by atoms with Crippen LogP contribution in [-0.2, 0) is 5.54 Å². The van der Waals surface area contributed by atoms with Crippen LogP contribution in [0.5, 0.6) is 0 Å². The van der Waals surface area contributed by atoms with Crippen LogP contribution in [0.4, 0.5) is 0 Å². The smallest absolute Gasteiger partial charge is 0.110 e. The van der Waals surface area contributed by atoms with Gasteiger partial charge in [0.25, 0.3) is 0 Å². The number of nitrogens with two attached hydrogens (primary N) is 1. The second-order valence-corrected chi connectivity index (χ2v) is 6.35. The molecular formula is C16H21N3. The molecule has 0 radical (unpaired) electrons. The van der Waals surface area contributed by atoms with Crippen molar-refractivity contribution in [2.75, 3.05) is 0 Å². The summed E-state index contributed by atoms with van der Waals surface area (Å²) in [6.07, 6.45) is 8.87. The molecule has 1 heterocycles. The minimum Gasteiger partial charge on any atom is -0.342 e. The third kappa shape index (κ3) is 1.96. The molecule has 1 aromatic heterocycles. The summed E-state index contributed by atoms with van der Waals surface area (Å²) < 4.78 is 0. The molecule has 0 aliphatic heterocycles. The summed E-state index contributed by atoms with van der Waals surface area (Å²) in [4.78, 5) is 8.32. The zero-order valence-corrected chi connectivity index (χ0v) is 11.3. The van der Waals surface area contributed by atoms with Gasteiger partial charge >= 0.3 is 0 Å². The van der Waals surface area contributed by atoms with Crippen LogP contribution in [0.25, 0.3) is 11.0 Å². The first kappa shape index (κ1) is 11.5. The molecule has 3 heteroatoms. The highest BCUT2D eigenvalue weighted by Crippen LogP contribution is 2.43. The summed E-state index contributed by atoms with van der Waals surface area (Å²) in [5, 5.41) is 0. The highest BCUT2D eigenvalue weighted by molar-refractivity contribution is 5.76. The maximum absolute atomic E-state index is 6.27. The lowest BCUT2D eigenvalue weighted by molar-refractivity contribution is 0.431. The maximum Gasteiger partial charge on any atom is 0.110 e. The lowest BCUT2D eigenvalue weighted by Crippen LogP contribution is -2.18. The van der Waals surface area contributed by atoms with Crippen molar-refractivity contribution in [3.8, 4) is 0 Å². The van der Waals surface area contributed by atoms with Gasteiger partial charge in [-0.25, -0.2) is 4.98 Å². The van der Waals surface area contributed by atoms with Crippen LogP contribution in [0.15, 0.2) is 18.2 Å². The van der Waals surface area contributed by atoms with Gasteiger partial charge in [-0.15, -0.1) is 0 Å². The second kappa shape index (κ2) is 4.07.